The summed E-state index contributed by atoms with van der Waals surface area (Å²) in [6, 6.07) is 5.60. The summed E-state index contributed by atoms with van der Waals surface area (Å²) in [6.07, 6.45) is 2.64. The number of hydrogen-bond donors (Lipinski definition) is 1. The number of hydrogen-bond acceptors (Lipinski definition) is 3. The second-order valence-corrected chi connectivity index (χ2v) is 5.84. The SMILES string of the molecule is CN(CCOCC1CC1)c1ccc(Cl)cc1C(N)=S. The number of nitrogens with two attached hydrogens (primary N) is 1. The summed E-state index contributed by atoms with van der Waals surface area (Å²) in [7, 11) is 2.01. The largest absolute Gasteiger partial charge is 0.389 e. The molecule has 1 saturated carbocycles. The lowest BCUT2D eigenvalue weighted by atomic mass is 10.1. The van der Waals surface area contributed by atoms with Gasteiger partial charge in [0.2, 0.25) is 0 Å². The van der Waals surface area contributed by atoms with Gasteiger partial charge in [-0.3, -0.25) is 0 Å². The van der Waals surface area contributed by atoms with Crippen LogP contribution in [0.1, 0.15) is 18.4 Å². The second kappa shape index (κ2) is 6.55. The Morgan fingerprint density at radius 1 is 1.53 bits per heavy atom. The van der Waals surface area contributed by atoms with Gasteiger partial charge in [-0.1, -0.05) is 23.8 Å². The molecule has 1 aliphatic carbocycles. The number of rotatable bonds is 7. The van der Waals surface area contributed by atoms with Crippen LogP contribution in [-0.2, 0) is 4.74 Å². The molecule has 0 radical (unpaired) electrons. The van der Waals surface area contributed by atoms with Gasteiger partial charge in [-0.15, -0.1) is 0 Å². The molecule has 3 nitrogen and oxygen atoms in total. The average molecular weight is 299 g/mol. The van der Waals surface area contributed by atoms with Crippen LogP contribution >= 0.6 is 23.8 Å². The van der Waals surface area contributed by atoms with Gasteiger partial charge in [0.15, 0.2) is 0 Å². The molecule has 5 heteroatoms. The Morgan fingerprint density at radius 3 is 2.89 bits per heavy atom. The molecule has 0 bridgehead atoms. The highest BCUT2D eigenvalue weighted by molar-refractivity contribution is 7.80. The minimum Gasteiger partial charge on any atom is -0.389 e. The fourth-order valence-corrected chi connectivity index (χ4v) is 2.23. The lowest BCUT2D eigenvalue weighted by molar-refractivity contribution is 0.131. The van der Waals surface area contributed by atoms with Crippen molar-refractivity contribution in [3.8, 4) is 0 Å². The van der Waals surface area contributed by atoms with Gasteiger partial charge >= 0.3 is 0 Å². The quantitative estimate of drug-likeness (QED) is 0.620. The number of ether oxygens (including phenoxy) is 1. The van der Waals surface area contributed by atoms with Crippen molar-refractivity contribution >= 4 is 34.5 Å². The van der Waals surface area contributed by atoms with Gasteiger partial charge in [0.05, 0.1) is 6.61 Å². The topological polar surface area (TPSA) is 38.5 Å². The highest BCUT2D eigenvalue weighted by atomic mass is 35.5. The van der Waals surface area contributed by atoms with Gasteiger partial charge in [-0.25, -0.2) is 0 Å². The third-order valence-electron chi connectivity index (χ3n) is 3.26. The van der Waals surface area contributed by atoms with Crippen molar-refractivity contribution in [2.24, 2.45) is 11.7 Å². The lowest BCUT2D eigenvalue weighted by Crippen LogP contribution is -2.26. The molecule has 0 aliphatic heterocycles. The summed E-state index contributed by atoms with van der Waals surface area (Å²) in [5.74, 6) is 0.799. The van der Waals surface area contributed by atoms with Crippen LogP contribution in [0.4, 0.5) is 5.69 Å². The van der Waals surface area contributed by atoms with E-state index in [1.54, 1.807) is 6.07 Å². The van der Waals surface area contributed by atoms with E-state index in [0.717, 1.165) is 30.3 Å². The second-order valence-electron chi connectivity index (χ2n) is 4.97. The van der Waals surface area contributed by atoms with Crippen molar-refractivity contribution < 1.29 is 4.74 Å². The zero-order valence-electron chi connectivity index (χ0n) is 11.1. The molecule has 0 amide bonds. The van der Waals surface area contributed by atoms with Crippen molar-refractivity contribution in [2.75, 3.05) is 31.7 Å². The van der Waals surface area contributed by atoms with Crippen molar-refractivity contribution in [1.29, 1.82) is 0 Å². The molecule has 0 atom stereocenters. The average Bonchev–Trinajstić information content (AvgIpc) is 3.18. The van der Waals surface area contributed by atoms with Crippen LogP contribution in [0.15, 0.2) is 18.2 Å². The van der Waals surface area contributed by atoms with E-state index in [1.807, 2.05) is 19.2 Å². The number of anilines is 1. The van der Waals surface area contributed by atoms with E-state index in [9.17, 15) is 0 Å². The molecule has 104 valence electrons. The molecule has 0 saturated heterocycles. The van der Waals surface area contributed by atoms with Crippen LogP contribution in [0.5, 0.6) is 0 Å². The lowest BCUT2D eigenvalue weighted by Gasteiger charge is -2.22. The molecular weight excluding hydrogens is 280 g/mol. The molecule has 0 unspecified atom stereocenters. The van der Waals surface area contributed by atoms with E-state index in [4.69, 9.17) is 34.3 Å². The van der Waals surface area contributed by atoms with Gasteiger partial charge in [0, 0.05) is 36.5 Å². The maximum absolute atomic E-state index is 5.98. The van der Waals surface area contributed by atoms with Gasteiger partial charge in [-0.2, -0.15) is 0 Å². The predicted octanol–water partition coefficient (Wildman–Crippen LogP) is 2.84. The van der Waals surface area contributed by atoms with Crippen LogP contribution in [-0.4, -0.2) is 31.8 Å². The number of benzene rings is 1. The highest BCUT2D eigenvalue weighted by Crippen LogP contribution is 2.28. The van der Waals surface area contributed by atoms with Gasteiger partial charge in [0.1, 0.15) is 4.99 Å². The Bertz CT molecular complexity index is 463. The molecule has 0 heterocycles. The zero-order valence-corrected chi connectivity index (χ0v) is 12.6. The standard InChI is InChI=1S/C14H19ClN2OS/c1-17(6-7-18-9-10-2-3-10)13-5-4-11(15)8-12(13)14(16)19/h4-5,8,10H,2-3,6-7,9H2,1H3,(H2,16,19). The molecular formula is C14H19ClN2OS. The molecule has 0 spiro atoms. The molecule has 19 heavy (non-hydrogen) atoms. The Morgan fingerprint density at radius 2 is 2.26 bits per heavy atom. The smallest absolute Gasteiger partial charge is 0.106 e. The molecule has 1 aromatic carbocycles. The Hall–Kier alpha value is -0.840. The highest BCUT2D eigenvalue weighted by Gasteiger charge is 2.21. The van der Waals surface area contributed by atoms with Crippen LogP contribution in [0.25, 0.3) is 0 Å². The van der Waals surface area contributed by atoms with E-state index < -0.39 is 0 Å². The van der Waals surface area contributed by atoms with Crippen molar-refractivity contribution in [1.82, 2.24) is 0 Å². The molecule has 1 aromatic rings. The minimum absolute atomic E-state index is 0.364. The maximum Gasteiger partial charge on any atom is 0.106 e. The van der Waals surface area contributed by atoms with Crippen molar-refractivity contribution in [2.45, 2.75) is 12.8 Å². The molecule has 2 rings (SSSR count). The fourth-order valence-electron chi connectivity index (χ4n) is 1.89. The number of halogens is 1. The summed E-state index contributed by atoms with van der Waals surface area (Å²) in [6.45, 7) is 2.41. The summed E-state index contributed by atoms with van der Waals surface area (Å²) in [4.78, 5) is 2.46. The number of nitrogens with zero attached hydrogens (tertiary/aromatic N) is 1. The molecule has 1 fully saturated rings. The summed E-state index contributed by atoms with van der Waals surface area (Å²) in [5.41, 5.74) is 7.54. The zero-order chi connectivity index (χ0) is 13.8. The van der Waals surface area contributed by atoms with E-state index in [0.29, 0.717) is 16.6 Å². The monoisotopic (exact) mass is 298 g/mol. The predicted molar refractivity (Wildman–Crippen MR) is 84.2 cm³/mol. The molecule has 2 N–H and O–H groups in total. The van der Waals surface area contributed by atoms with Crippen molar-refractivity contribution in [3.63, 3.8) is 0 Å². The first-order chi connectivity index (χ1) is 9.08. The van der Waals surface area contributed by atoms with Crippen LogP contribution < -0.4 is 10.6 Å². The Kier molecular flexibility index (Phi) is 5.02. The Balaban J connectivity index is 1.92. The first kappa shape index (κ1) is 14.6. The minimum atomic E-state index is 0.364. The fraction of sp³-hybridized carbons (Fsp3) is 0.500. The third-order valence-corrected chi connectivity index (χ3v) is 3.71. The third kappa shape index (κ3) is 4.34. The number of likely N-dealkylation sites (N-methyl/N-ethyl adjacent to an activating group) is 1. The van der Waals surface area contributed by atoms with Gasteiger partial charge in [-0.05, 0) is 37.0 Å². The first-order valence-corrected chi connectivity index (χ1v) is 7.25. The summed E-state index contributed by atoms with van der Waals surface area (Å²) >= 11 is 11.0. The van der Waals surface area contributed by atoms with E-state index >= 15 is 0 Å². The summed E-state index contributed by atoms with van der Waals surface area (Å²) < 4.78 is 5.64. The van der Waals surface area contributed by atoms with Crippen LogP contribution in [0.2, 0.25) is 5.02 Å². The van der Waals surface area contributed by atoms with Gasteiger partial charge < -0.3 is 15.4 Å². The maximum atomic E-state index is 5.98. The Labute approximate surface area is 124 Å². The first-order valence-electron chi connectivity index (χ1n) is 6.46. The number of thiocarbonyl (C=S) groups is 1. The molecule has 0 aromatic heterocycles. The normalized spacial score (nSPS) is 14.4. The van der Waals surface area contributed by atoms with E-state index in [1.165, 1.54) is 12.8 Å². The molecule has 1 aliphatic rings. The van der Waals surface area contributed by atoms with Crippen LogP contribution in [0.3, 0.4) is 0 Å². The van der Waals surface area contributed by atoms with E-state index in [2.05, 4.69) is 4.90 Å². The van der Waals surface area contributed by atoms with Crippen LogP contribution in [0, 0.1) is 5.92 Å². The van der Waals surface area contributed by atoms with E-state index in [-0.39, 0.29) is 0 Å². The van der Waals surface area contributed by atoms with Gasteiger partial charge in [0.25, 0.3) is 0 Å². The summed E-state index contributed by atoms with van der Waals surface area (Å²) in [5, 5.41) is 0.643. The van der Waals surface area contributed by atoms with Crippen molar-refractivity contribution in [3.05, 3.63) is 28.8 Å².